The number of carbonyl (C=O) groups is 1. The van der Waals surface area contributed by atoms with E-state index >= 15 is 0 Å². The highest BCUT2D eigenvalue weighted by molar-refractivity contribution is 5.96. The molecule has 0 aliphatic heterocycles. The van der Waals surface area contributed by atoms with Gasteiger partial charge in [0.2, 0.25) is 0 Å². The molecular weight excluding hydrogens is 262 g/mol. The zero-order valence-electron chi connectivity index (χ0n) is 12.1. The van der Waals surface area contributed by atoms with Crippen molar-refractivity contribution in [3.63, 3.8) is 0 Å². The fourth-order valence-corrected chi connectivity index (χ4v) is 2.60. The maximum atomic E-state index is 11.5. The lowest BCUT2D eigenvalue weighted by atomic mass is 10.0. The summed E-state index contributed by atoms with van der Waals surface area (Å²) in [5.41, 5.74) is 3.31. The second-order valence-corrected chi connectivity index (χ2v) is 5.48. The van der Waals surface area contributed by atoms with Crippen LogP contribution in [0.5, 0.6) is 0 Å². The van der Waals surface area contributed by atoms with Crippen molar-refractivity contribution in [3.05, 3.63) is 65.9 Å². The number of nitrogens with zero attached hydrogens (tertiary/aromatic N) is 1. The number of rotatable bonds is 3. The number of para-hydroxylation sites is 1. The molecule has 21 heavy (non-hydrogen) atoms. The second kappa shape index (κ2) is 5.09. The molecule has 1 N–H and O–H groups in total. The quantitative estimate of drug-likeness (QED) is 0.769. The summed E-state index contributed by atoms with van der Waals surface area (Å²) in [6.45, 7) is 4.28. The van der Waals surface area contributed by atoms with E-state index in [-0.39, 0.29) is 5.69 Å². The Labute approximate surface area is 123 Å². The number of fused-ring (bicyclic) bond motifs is 1. The molecule has 0 saturated carbocycles. The van der Waals surface area contributed by atoms with Gasteiger partial charge in [-0.15, -0.1) is 0 Å². The van der Waals surface area contributed by atoms with Crippen molar-refractivity contribution >= 4 is 16.9 Å². The molecule has 0 unspecified atom stereocenters. The van der Waals surface area contributed by atoms with Crippen LogP contribution < -0.4 is 0 Å². The van der Waals surface area contributed by atoms with E-state index in [0.717, 1.165) is 16.6 Å². The molecule has 3 nitrogen and oxygen atoms in total. The van der Waals surface area contributed by atoms with E-state index in [0.29, 0.717) is 5.92 Å². The van der Waals surface area contributed by atoms with Crippen LogP contribution in [-0.4, -0.2) is 15.6 Å². The third-order valence-electron chi connectivity index (χ3n) is 3.75. The Bertz CT molecular complexity index is 798. The van der Waals surface area contributed by atoms with E-state index in [9.17, 15) is 9.90 Å². The maximum absolute atomic E-state index is 11.5. The predicted molar refractivity (Wildman–Crippen MR) is 84.3 cm³/mol. The number of benzene rings is 2. The molecule has 0 spiro atoms. The van der Waals surface area contributed by atoms with E-state index in [1.165, 1.54) is 5.56 Å². The molecule has 0 aliphatic rings. The molecule has 106 valence electrons. The molecular formula is C18H17NO2. The molecule has 0 fully saturated rings. The van der Waals surface area contributed by atoms with Crippen molar-refractivity contribution < 1.29 is 9.90 Å². The van der Waals surface area contributed by atoms with Gasteiger partial charge in [0.1, 0.15) is 5.69 Å². The van der Waals surface area contributed by atoms with Crippen molar-refractivity contribution in [2.45, 2.75) is 19.8 Å². The summed E-state index contributed by atoms with van der Waals surface area (Å²) >= 11 is 0. The van der Waals surface area contributed by atoms with Crippen LogP contribution in [0.15, 0.2) is 54.6 Å². The van der Waals surface area contributed by atoms with Gasteiger partial charge in [-0.05, 0) is 35.7 Å². The molecule has 0 radical (unpaired) electrons. The topological polar surface area (TPSA) is 42.2 Å². The lowest BCUT2D eigenvalue weighted by Gasteiger charge is -2.11. The Hall–Kier alpha value is -2.55. The van der Waals surface area contributed by atoms with Crippen LogP contribution in [0.1, 0.15) is 35.8 Å². The average Bonchev–Trinajstić information content (AvgIpc) is 2.87. The molecule has 0 aliphatic carbocycles. The molecule has 3 heteroatoms. The molecule has 0 amide bonds. The fourth-order valence-electron chi connectivity index (χ4n) is 2.60. The van der Waals surface area contributed by atoms with Crippen LogP contribution in [-0.2, 0) is 0 Å². The predicted octanol–water partition coefficient (Wildman–Crippen LogP) is 4.45. The van der Waals surface area contributed by atoms with Gasteiger partial charge < -0.3 is 9.67 Å². The van der Waals surface area contributed by atoms with Crippen molar-refractivity contribution in [1.29, 1.82) is 0 Å². The molecule has 1 aromatic heterocycles. The maximum Gasteiger partial charge on any atom is 0.352 e. The smallest absolute Gasteiger partial charge is 0.352 e. The normalized spacial score (nSPS) is 11.2. The highest BCUT2D eigenvalue weighted by Crippen LogP contribution is 2.25. The lowest BCUT2D eigenvalue weighted by Crippen LogP contribution is -2.06. The first-order valence-electron chi connectivity index (χ1n) is 7.02. The summed E-state index contributed by atoms with van der Waals surface area (Å²) in [7, 11) is 0. The number of hydrogen-bond acceptors (Lipinski definition) is 1. The zero-order chi connectivity index (χ0) is 15.0. The van der Waals surface area contributed by atoms with E-state index in [4.69, 9.17) is 0 Å². The van der Waals surface area contributed by atoms with Gasteiger partial charge in [0.25, 0.3) is 0 Å². The largest absolute Gasteiger partial charge is 0.477 e. The van der Waals surface area contributed by atoms with Crippen molar-refractivity contribution in [1.82, 2.24) is 4.57 Å². The third-order valence-corrected chi connectivity index (χ3v) is 3.75. The minimum atomic E-state index is -0.917. The van der Waals surface area contributed by atoms with Gasteiger partial charge in [-0.3, -0.25) is 0 Å². The van der Waals surface area contributed by atoms with Crippen molar-refractivity contribution in [2.24, 2.45) is 0 Å². The van der Waals surface area contributed by atoms with E-state index < -0.39 is 5.97 Å². The Morgan fingerprint density at radius 1 is 1.05 bits per heavy atom. The van der Waals surface area contributed by atoms with Gasteiger partial charge in [0.15, 0.2) is 0 Å². The summed E-state index contributed by atoms with van der Waals surface area (Å²) in [5, 5.41) is 10.4. The summed E-state index contributed by atoms with van der Waals surface area (Å²) in [5.74, 6) is -0.460. The van der Waals surface area contributed by atoms with Crippen LogP contribution >= 0.6 is 0 Å². The average molecular weight is 279 g/mol. The summed E-state index contributed by atoms with van der Waals surface area (Å²) in [6.07, 6.45) is 0. The van der Waals surface area contributed by atoms with Crippen LogP contribution in [0.2, 0.25) is 0 Å². The summed E-state index contributed by atoms with van der Waals surface area (Å²) in [4.78, 5) is 11.5. The van der Waals surface area contributed by atoms with Gasteiger partial charge >= 0.3 is 5.97 Å². The van der Waals surface area contributed by atoms with Gasteiger partial charge in [-0.1, -0.05) is 44.2 Å². The molecule has 2 aromatic carbocycles. The Kier molecular flexibility index (Phi) is 3.26. The summed E-state index contributed by atoms with van der Waals surface area (Å²) < 4.78 is 1.79. The van der Waals surface area contributed by atoms with Crippen LogP contribution in [0, 0.1) is 0 Å². The van der Waals surface area contributed by atoms with Crippen molar-refractivity contribution in [3.8, 4) is 5.69 Å². The third kappa shape index (κ3) is 2.31. The zero-order valence-corrected chi connectivity index (χ0v) is 12.1. The second-order valence-electron chi connectivity index (χ2n) is 5.48. The number of carboxylic acids is 1. The number of carboxylic acid groups (broad SMARTS) is 1. The molecule has 0 atom stereocenters. The minimum absolute atomic E-state index is 0.286. The Morgan fingerprint density at radius 3 is 2.33 bits per heavy atom. The number of aromatic carboxylic acids is 1. The highest BCUT2D eigenvalue weighted by atomic mass is 16.4. The molecule has 0 saturated heterocycles. The first-order chi connectivity index (χ1) is 10.1. The molecule has 3 rings (SSSR count). The molecule has 0 bridgehead atoms. The minimum Gasteiger partial charge on any atom is -0.477 e. The summed E-state index contributed by atoms with van der Waals surface area (Å²) in [6, 6.07) is 17.5. The van der Waals surface area contributed by atoms with Gasteiger partial charge in [0.05, 0.1) is 5.52 Å². The van der Waals surface area contributed by atoms with Crippen LogP contribution in [0.3, 0.4) is 0 Å². The van der Waals surface area contributed by atoms with E-state index in [2.05, 4.69) is 26.0 Å². The number of aromatic nitrogens is 1. The van der Waals surface area contributed by atoms with E-state index in [1.807, 2.05) is 36.4 Å². The van der Waals surface area contributed by atoms with Crippen LogP contribution in [0.4, 0.5) is 0 Å². The van der Waals surface area contributed by atoms with Gasteiger partial charge in [0, 0.05) is 11.1 Å². The van der Waals surface area contributed by atoms with E-state index in [1.54, 1.807) is 10.6 Å². The number of hydrogen-bond donors (Lipinski definition) is 1. The van der Waals surface area contributed by atoms with Gasteiger partial charge in [-0.25, -0.2) is 4.79 Å². The van der Waals surface area contributed by atoms with Gasteiger partial charge in [-0.2, -0.15) is 0 Å². The molecule has 3 aromatic rings. The monoisotopic (exact) mass is 279 g/mol. The van der Waals surface area contributed by atoms with Crippen LogP contribution in [0.25, 0.3) is 16.6 Å². The SMILES string of the molecule is CC(C)c1ccc(-n2c(C(=O)O)cc3ccccc32)cc1. The lowest BCUT2D eigenvalue weighted by molar-refractivity contribution is 0.0688. The standard InChI is InChI=1S/C18H17NO2/c1-12(2)13-7-9-15(10-8-13)19-16-6-4-3-5-14(16)11-17(19)18(20)21/h3-12H,1-2H3,(H,20,21). The first-order valence-corrected chi connectivity index (χ1v) is 7.02. The highest BCUT2D eigenvalue weighted by Gasteiger charge is 2.15. The van der Waals surface area contributed by atoms with Crippen molar-refractivity contribution in [2.75, 3.05) is 0 Å². The first kappa shape index (κ1) is 13.4. The molecule has 1 heterocycles. The fraction of sp³-hybridized carbons (Fsp3) is 0.167. The Morgan fingerprint density at radius 2 is 1.71 bits per heavy atom. The Balaban J connectivity index is 2.22.